The van der Waals surface area contributed by atoms with E-state index in [1.54, 1.807) is 0 Å². The van der Waals surface area contributed by atoms with Crippen molar-refractivity contribution in [2.24, 2.45) is 5.92 Å². The number of nitrogen functional groups attached to an aromatic ring is 1. The highest BCUT2D eigenvalue weighted by Crippen LogP contribution is 2.16. The van der Waals surface area contributed by atoms with Gasteiger partial charge in [-0.05, 0) is 57.1 Å². The van der Waals surface area contributed by atoms with E-state index in [1.807, 2.05) is 0 Å². The highest BCUT2D eigenvalue weighted by molar-refractivity contribution is 5.99. The minimum Gasteiger partial charge on any atom is -0.398 e. The van der Waals surface area contributed by atoms with E-state index in [2.05, 4.69) is 17.3 Å². The minimum absolute atomic E-state index is 0.181. The molecule has 5 heteroatoms. The Morgan fingerprint density at radius 3 is 2.79 bits per heavy atom. The van der Waals surface area contributed by atoms with Crippen LogP contribution in [-0.2, 0) is 0 Å². The number of benzene rings is 1. The Labute approximate surface area is 112 Å². The third-order valence-electron chi connectivity index (χ3n) is 3.65. The molecule has 0 radical (unpaired) electrons. The van der Waals surface area contributed by atoms with Gasteiger partial charge in [-0.25, -0.2) is 4.39 Å². The number of hydrogen-bond acceptors (Lipinski definition) is 3. The summed E-state index contributed by atoms with van der Waals surface area (Å²) in [5.74, 6) is -0.136. The zero-order valence-corrected chi connectivity index (χ0v) is 11.2. The second-order valence-corrected chi connectivity index (χ2v) is 5.19. The monoisotopic (exact) mass is 265 g/mol. The molecule has 1 amide bonds. The molecule has 104 valence electrons. The molecular formula is C14H20FN3O. The molecule has 0 atom stereocenters. The molecule has 0 aliphatic carbocycles. The Morgan fingerprint density at radius 2 is 2.16 bits per heavy atom. The number of anilines is 1. The molecule has 0 unspecified atom stereocenters. The fourth-order valence-corrected chi connectivity index (χ4v) is 2.34. The molecule has 1 aromatic carbocycles. The maximum absolute atomic E-state index is 12.9. The zero-order valence-electron chi connectivity index (χ0n) is 11.2. The molecule has 0 spiro atoms. The number of nitrogens with zero attached hydrogens (tertiary/aromatic N) is 1. The Bertz CT molecular complexity index is 456. The fourth-order valence-electron chi connectivity index (χ4n) is 2.34. The van der Waals surface area contributed by atoms with E-state index < -0.39 is 5.82 Å². The van der Waals surface area contributed by atoms with E-state index >= 15 is 0 Å². The average Bonchev–Trinajstić information content (AvgIpc) is 2.37. The molecule has 2 rings (SSSR count). The normalized spacial score (nSPS) is 17.4. The van der Waals surface area contributed by atoms with Crippen molar-refractivity contribution in [1.82, 2.24) is 10.2 Å². The van der Waals surface area contributed by atoms with Gasteiger partial charge in [-0.3, -0.25) is 4.79 Å². The van der Waals surface area contributed by atoms with E-state index in [4.69, 9.17) is 5.73 Å². The largest absolute Gasteiger partial charge is 0.398 e. The van der Waals surface area contributed by atoms with Gasteiger partial charge >= 0.3 is 0 Å². The highest BCUT2D eigenvalue weighted by Gasteiger charge is 2.18. The predicted octanol–water partition coefficient (Wildman–Crippen LogP) is 1.48. The predicted molar refractivity (Wildman–Crippen MR) is 73.4 cm³/mol. The summed E-state index contributed by atoms with van der Waals surface area (Å²) in [6.45, 7) is 2.79. The van der Waals surface area contributed by atoms with Crippen molar-refractivity contribution in [1.29, 1.82) is 0 Å². The lowest BCUT2D eigenvalue weighted by Crippen LogP contribution is -2.37. The lowest BCUT2D eigenvalue weighted by atomic mass is 9.97. The van der Waals surface area contributed by atoms with Crippen LogP contribution in [0.5, 0.6) is 0 Å². The average molecular weight is 265 g/mol. The van der Waals surface area contributed by atoms with Crippen molar-refractivity contribution >= 4 is 11.6 Å². The molecule has 0 saturated carbocycles. The number of hydrogen-bond donors (Lipinski definition) is 2. The maximum Gasteiger partial charge on any atom is 0.253 e. The van der Waals surface area contributed by atoms with Gasteiger partial charge in [-0.2, -0.15) is 0 Å². The first-order chi connectivity index (χ1) is 9.06. The molecule has 1 aliphatic rings. The van der Waals surface area contributed by atoms with Crippen molar-refractivity contribution in [2.45, 2.75) is 12.8 Å². The molecule has 1 fully saturated rings. The first kappa shape index (κ1) is 13.8. The van der Waals surface area contributed by atoms with Crippen LogP contribution < -0.4 is 11.1 Å². The van der Waals surface area contributed by atoms with Crippen LogP contribution in [0.2, 0.25) is 0 Å². The van der Waals surface area contributed by atoms with Crippen molar-refractivity contribution in [3.63, 3.8) is 0 Å². The molecule has 0 aromatic heterocycles. The maximum atomic E-state index is 12.9. The summed E-state index contributed by atoms with van der Waals surface area (Å²) >= 11 is 0. The van der Waals surface area contributed by atoms with Gasteiger partial charge in [0, 0.05) is 12.2 Å². The van der Waals surface area contributed by atoms with E-state index in [0.29, 0.717) is 18.0 Å². The first-order valence-electron chi connectivity index (χ1n) is 6.58. The Kier molecular flexibility index (Phi) is 4.37. The SMILES string of the molecule is CN1CCC(CNC(=O)c2ccc(F)cc2N)CC1. The smallest absolute Gasteiger partial charge is 0.253 e. The van der Waals surface area contributed by atoms with Gasteiger partial charge < -0.3 is 16.0 Å². The van der Waals surface area contributed by atoms with Crippen LogP contribution in [0.15, 0.2) is 18.2 Å². The van der Waals surface area contributed by atoms with Crippen LogP contribution in [0.3, 0.4) is 0 Å². The van der Waals surface area contributed by atoms with Crippen LogP contribution >= 0.6 is 0 Å². The van der Waals surface area contributed by atoms with Gasteiger partial charge in [0.15, 0.2) is 0 Å². The van der Waals surface area contributed by atoms with Crippen molar-refractivity contribution in [2.75, 3.05) is 32.4 Å². The van der Waals surface area contributed by atoms with Gasteiger partial charge in [-0.15, -0.1) is 0 Å². The van der Waals surface area contributed by atoms with Gasteiger partial charge in [0.05, 0.1) is 5.56 Å². The molecule has 3 N–H and O–H groups in total. The number of amides is 1. The topological polar surface area (TPSA) is 58.4 Å². The number of rotatable bonds is 3. The highest BCUT2D eigenvalue weighted by atomic mass is 19.1. The van der Waals surface area contributed by atoms with E-state index in [0.717, 1.165) is 25.9 Å². The number of carbonyl (C=O) groups is 1. The van der Waals surface area contributed by atoms with Crippen LogP contribution in [0.4, 0.5) is 10.1 Å². The quantitative estimate of drug-likeness (QED) is 0.814. The number of nitrogens with one attached hydrogen (secondary N) is 1. The summed E-state index contributed by atoms with van der Waals surface area (Å²) in [6, 6.07) is 3.85. The van der Waals surface area contributed by atoms with Crippen LogP contribution in [-0.4, -0.2) is 37.5 Å². The van der Waals surface area contributed by atoms with Crippen LogP contribution in [0.1, 0.15) is 23.2 Å². The Balaban J connectivity index is 1.87. The molecular weight excluding hydrogens is 245 g/mol. The van der Waals surface area contributed by atoms with Crippen LogP contribution in [0.25, 0.3) is 0 Å². The minimum atomic E-state index is -0.427. The second kappa shape index (κ2) is 6.02. The summed E-state index contributed by atoms with van der Waals surface area (Å²) in [5.41, 5.74) is 6.17. The van der Waals surface area contributed by atoms with Crippen molar-refractivity contribution in [3.05, 3.63) is 29.6 Å². The van der Waals surface area contributed by atoms with Crippen LogP contribution in [0, 0.1) is 11.7 Å². The molecule has 1 heterocycles. The summed E-state index contributed by atoms with van der Waals surface area (Å²) in [7, 11) is 2.11. The number of nitrogens with two attached hydrogens (primary N) is 1. The molecule has 19 heavy (non-hydrogen) atoms. The summed E-state index contributed by atoms with van der Waals surface area (Å²) < 4.78 is 12.9. The summed E-state index contributed by atoms with van der Waals surface area (Å²) in [4.78, 5) is 14.2. The van der Waals surface area contributed by atoms with Gasteiger partial charge in [0.25, 0.3) is 5.91 Å². The standard InChI is InChI=1S/C14H20FN3O/c1-18-6-4-10(5-7-18)9-17-14(19)12-3-2-11(15)8-13(12)16/h2-3,8,10H,4-7,9,16H2,1H3,(H,17,19). The second-order valence-electron chi connectivity index (χ2n) is 5.19. The molecule has 1 aliphatic heterocycles. The Hall–Kier alpha value is -1.62. The number of halogens is 1. The fraction of sp³-hybridized carbons (Fsp3) is 0.500. The van der Waals surface area contributed by atoms with E-state index in [9.17, 15) is 9.18 Å². The molecule has 1 saturated heterocycles. The first-order valence-corrected chi connectivity index (χ1v) is 6.58. The molecule has 0 bridgehead atoms. The van der Waals surface area contributed by atoms with E-state index in [-0.39, 0.29) is 11.6 Å². The summed E-state index contributed by atoms with van der Waals surface area (Å²) in [5, 5.41) is 2.88. The van der Waals surface area contributed by atoms with Crippen molar-refractivity contribution in [3.8, 4) is 0 Å². The van der Waals surface area contributed by atoms with Gasteiger partial charge in [-0.1, -0.05) is 0 Å². The lowest BCUT2D eigenvalue weighted by molar-refractivity contribution is 0.0940. The number of carbonyl (C=O) groups excluding carboxylic acids is 1. The number of piperidine rings is 1. The van der Waals surface area contributed by atoms with Crippen molar-refractivity contribution < 1.29 is 9.18 Å². The van der Waals surface area contributed by atoms with Gasteiger partial charge in [0.2, 0.25) is 0 Å². The zero-order chi connectivity index (χ0) is 13.8. The third kappa shape index (κ3) is 3.67. The third-order valence-corrected chi connectivity index (χ3v) is 3.65. The molecule has 1 aromatic rings. The summed E-state index contributed by atoms with van der Waals surface area (Å²) in [6.07, 6.45) is 2.19. The van der Waals surface area contributed by atoms with E-state index in [1.165, 1.54) is 18.2 Å². The van der Waals surface area contributed by atoms with Gasteiger partial charge in [0.1, 0.15) is 5.82 Å². The number of likely N-dealkylation sites (tertiary alicyclic amines) is 1. The Morgan fingerprint density at radius 1 is 1.47 bits per heavy atom. The lowest BCUT2D eigenvalue weighted by Gasteiger charge is -2.28. The molecule has 4 nitrogen and oxygen atoms in total.